The van der Waals surface area contributed by atoms with Gasteiger partial charge in [-0.1, -0.05) is 43.7 Å². The molecule has 5 rings (SSSR count). The second kappa shape index (κ2) is 9.70. The van der Waals surface area contributed by atoms with Crippen LogP contribution in [0.4, 0.5) is 0 Å². The molecule has 2 aromatic heterocycles. The largest absolute Gasteiger partial charge is 0.377 e. The Morgan fingerprint density at radius 1 is 0.882 bits per heavy atom. The maximum atomic E-state index is 12.4. The number of imide groups is 1. The number of carbonyl (C=O) groups is 2. The van der Waals surface area contributed by atoms with E-state index in [1.165, 1.54) is 0 Å². The lowest BCUT2D eigenvalue weighted by atomic mass is 10.1. The van der Waals surface area contributed by atoms with Gasteiger partial charge in [0.2, 0.25) is 0 Å². The minimum atomic E-state index is -0.438. The van der Waals surface area contributed by atoms with Gasteiger partial charge in [-0.15, -0.1) is 5.06 Å². The van der Waals surface area contributed by atoms with Crippen LogP contribution in [0, 0.1) is 0 Å². The van der Waals surface area contributed by atoms with Crippen LogP contribution in [-0.2, 0) is 22.5 Å². The molecule has 8 heteroatoms. The summed E-state index contributed by atoms with van der Waals surface area (Å²) >= 11 is 0. The van der Waals surface area contributed by atoms with Crippen LogP contribution in [-0.4, -0.2) is 51.2 Å². The second-order valence-electron chi connectivity index (χ2n) is 8.19. The van der Waals surface area contributed by atoms with Crippen molar-refractivity contribution in [1.82, 2.24) is 19.6 Å². The number of aryl methyl sites for hydroxylation is 1. The highest BCUT2D eigenvalue weighted by atomic mass is 16.7. The molecule has 174 valence electrons. The lowest BCUT2D eigenvalue weighted by Crippen LogP contribution is -2.31. The summed E-state index contributed by atoms with van der Waals surface area (Å²) in [5.74, 6) is 0.152. The molecule has 0 N–H and O–H groups in total. The molecule has 8 nitrogen and oxygen atoms in total. The summed E-state index contributed by atoms with van der Waals surface area (Å²) in [4.78, 5) is 39.5. The van der Waals surface area contributed by atoms with Crippen LogP contribution < -0.4 is 0 Å². The van der Waals surface area contributed by atoms with Crippen molar-refractivity contribution in [3.8, 4) is 0 Å². The van der Waals surface area contributed by atoms with Crippen LogP contribution in [0.3, 0.4) is 0 Å². The fraction of sp³-hybridized carbons (Fsp3) is 0.308. The zero-order valence-electron chi connectivity index (χ0n) is 19.1. The monoisotopic (exact) mass is 458 g/mol. The number of nitrogens with zero attached hydrogens (tertiary/aromatic N) is 4. The Bertz CT molecular complexity index is 1330. The molecule has 0 spiro atoms. The van der Waals surface area contributed by atoms with Crippen LogP contribution in [0.1, 0.15) is 46.3 Å². The highest BCUT2D eigenvalue weighted by molar-refractivity contribution is 6.20. The number of fused-ring (bicyclic) bond motifs is 4. The van der Waals surface area contributed by atoms with E-state index in [-0.39, 0.29) is 13.2 Å². The van der Waals surface area contributed by atoms with Crippen LogP contribution in [0.25, 0.3) is 21.9 Å². The van der Waals surface area contributed by atoms with Gasteiger partial charge in [-0.25, -0.2) is 4.98 Å². The number of ether oxygens (including phenoxy) is 1. The number of amides is 2. The van der Waals surface area contributed by atoms with Gasteiger partial charge in [-0.3, -0.25) is 19.4 Å². The Morgan fingerprint density at radius 2 is 1.62 bits per heavy atom. The van der Waals surface area contributed by atoms with E-state index < -0.39 is 11.8 Å². The Balaban J connectivity index is 1.22. The van der Waals surface area contributed by atoms with E-state index in [1.807, 2.05) is 24.4 Å². The molecule has 0 atom stereocenters. The smallest absolute Gasteiger partial charge is 0.285 e. The minimum absolute atomic E-state index is 0.103. The Morgan fingerprint density at radius 3 is 2.38 bits per heavy atom. The van der Waals surface area contributed by atoms with E-state index in [0.717, 1.165) is 52.1 Å². The van der Waals surface area contributed by atoms with Crippen molar-refractivity contribution in [3.63, 3.8) is 0 Å². The van der Waals surface area contributed by atoms with Crippen molar-refractivity contribution in [1.29, 1.82) is 0 Å². The number of unbranched alkanes of at least 4 members (excludes halogenated alkanes) is 1. The molecule has 2 aromatic carbocycles. The molecule has 4 aromatic rings. The van der Waals surface area contributed by atoms with E-state index in [1.54, 1.807) is 24.3 Å². The van der Waals surface area contributed by atoms with Crippen molar-refractivity contribution in [3.05, 3.63) is 71.7 Å². The Kier molecular flexibility index (Phi) is 6.33. The van der Waals surface area contributed by atoms with Crippen LogP contribution in [0.5, 0.6) is 0 Å². The molecule has 3 heterocycles. The number of hydrogen-bond donors (Lipinski definition) is 0. The van der Waals surface area contributed by atoms with E-state index in [0.29, 0.717) is 24.3 Å². The van der Waals surface area contributed by atoms with E-state index in [4.69, 9.17) is 14.6 Å². The summed E-state index contributed by atoms with van der Waals surface area (Å²) in [6.07, 6.45) is 4.88. The molecule has 1 aliphatic rings. The van der Waals surface area contributed by atoms with Crippen LogP contribution in [0.15, 0.2) is 54.7 Å². The van der Waals surface area contributed by atoms with Crippen LogP contribution in [0.2, 0.25) is 0 Å². The fourth-order valence-corrected chi connectivity index (χ4v) is 4.31. The number of carbonyl (C=O) groups excluding carboxylic acids is 2. The molecule has 2 amide bonds. The third kappa shape index (κ3) is 4.06. The summed E-state index contributed by atoms with van der Waals surface area (Å²) in [5.41, 5.74) is 3.62. The van der Waals surface area contributed by atoms with Gasteiger partial charge in [0.25, 0.3) is 11.8 Å². The predicted octanol–water partition coefficient (Wildman–Crippen LogP) is 4.17. The first-order valence-corrected chi connectivity index (χ1v) is 11.6. The second-order valence-corrected chi connectivity index (χ2v) is 8.19. The number of imidazole rings is 1. The zero-order chi connectivity index (χ0) is 23.5. The number of aromatic nitrogens is 3. The highest BCUT2D eigenvalue weighted by Gasteiger charge is 2.36. The molecule has 0 aliphatic carbocycles. The highest BCUT2D eigenvalue weighted by Crippen LogP contribution is 2.26. The summed E-state index contributed by atoms with van der Waals surface area (Å²) in [7, 11) is 0. The number of para-hydroxylation sites is 1. The van der Waals surface area contributed by atoms with Crippen molar-refractivity contribution in [2.24, 2.45) is 0 Å². The van der Waals surface area contributed by atoms with Crippen molar-refractivity contribution in [2.45, 2.75) is 32.7 Å². The third-order valence-corrected chi connectivity index (χ3v) is 5.98. The summed E-state index contributed by atoms with van der Waals surface area (Å²) in [6.45, 7) is 3.61. The molecule has 0 unspecified atom stereocenters. The molecular formula is C26H26N4O4. The van der Waals surface area contributed by atoms with Gasteiger partial charge in [-0.05, 0) is 24.6 Å². The molecule has 0 saturated heterocycles. The van der Waals surface area contributed by atoms with Crippen molar-refractivity contribution in [2.75, 3.05) is 19.8 Å². The SMILES string of the molecule is CCCCc1nc2cnc3ccccc3c2n1CCOCCON1C(=O)c2ccccc2C1=O. The average molecular weight is 459 g/mol. The number of rotatable bonds is 10. The molecule has 34 heavy (non-hydrogen) atoms. The molecular weight excluding hydrogens is 432 g/mol. The Labute approximate surface area is 197 Å². The van der Waals surface area contributed by atoms with Gasteiger partial charge in [-0.2, -0.15) is 0 Å². The topological polar surface area (TPSA) is 86.6 Å². The van der Waals surface area contributed by atoms with Crippen LogP contribution >= 0.6 is 0 Å². The van der Waals surface area contributed by atoms with Crippen molar-refractivity contribution >= 4 is 33.8 Å². The fourth-order valence-electron chi connectivity index (χ4n) is 4.31. The van der Waals surface area contributed by atoms with E-state index >= 15 is 0 Å². The normalized spacial score (nSPS) is 13.4. The van der Waals surface area contributed by atoms with E-state index in [2.05, 4.69) is 22.5 Å². The summed E-state index contributed by atoms with van der Waals surface area (Å²) in [5, 5.41) is 1.89. The molecule has 0 fully saturated rings. The van der Waals surface area contributed by atoms with Gasteiger partial charge < -0.3 is 9.30 Å². The molecule has 0 saturated carbocycles. The third-order valence-electron chi connectivity index (χ3n) is 5.98. The maximum absolute atomic E-state index is 12.4. The van der Waals surface area contributed by atoms with Gasteiger partial charge in [0.05, 0.1) is 48.2 Å². The quantitative estimate of drug-likeness (QED) is 0.262. The first-order valence-electron chi connectivity index (χ1n) is 11.6. The summed E-state index contributed by atoms with van der Waals surface area (Å²) < 4.78 is 8.02. The van der Waals surface area contributed by atoms with Crippen molar-refractivity contribution < 1.29 is 19.2 Å². The number of hydroxylamine groups is 2. The lowest BCUT2D eigenvalue weighted by molar-refractivity contribution is -0.106. The molecule has 0 bridgehead atoms. The maximum Gasteiger partial charge on any atom is 0.285 e. The molecule has 1 aliphatic heterocycles. The lowest BCUT2D eigenvalue weighted by Gasteiger charge is -2.14. The van der Waals surface area contributed by atoms with E-state index in [9.17, 15) is 9.59 Å². The van der Waals surface area contributed by atoms with Gasteiger partial charge in [0, 0.05) is 18.4 Å². The zero-order valence-corrected chi connectivity index (χ0v) is 19.1. The number of benzene rings is 2. The van der Waals surface area contributed by atoms with Gasteiger partial charge in [0.15, 0.2) is 0 Å². The standard InChI is InChI=1S/C26H26N4O4/c1-2-3-12-23-28-22-17-27-21-11-7-6-10-20(21)24(22)29(23)13-14-33-15-16-34-30-25(31)18-8-4-5-9-19(18)26(30)32/h4-11,17H,2-3,12-16H2,1H3. The van der Waals surface area contributed by atoms with Gasteiger partial charge in [0.1, 0.15) is 11.3 Å². The predicted molar refractivity (Wildman–Crippen MR) is 127 cm³/mol. The first kappa shape index (κ1) is 22.2. The average Bonchev–Trinajstić information content (AvgIpc) is 3.35. The number of pyridine rings is 1. The first-order chi connectivity index (χ1) is 16.7. The summed E-state index contributed by atoms with van der Waals surface area (Å²) in [6, 6.07) is 14.8. The minimum Gasteiger partial charge on any atom is -0.377 e. The molecule has 0 radical (unpaired) electrons. The Hall–Kier alpha value is -3.62. The van der Waals surface area contributed by atoms with Gasteiger partial charge >= 0.3 is 0 Å². The number of hydrogen-bond acceptors (Lipinski definition) is 6.